The zero-order valence-electron chi connectivity index (χ0n) is 15.3. The van der Waals surface area contributed by atoms with Gasteiger partial charge in [-0.15, -0.1) is 5.10 Å². The fraction of sp³-hybridized carbons (Fsp3) is 0.200. The molecule has 7 nitrogen and oxygen atoms in total. The van der Waals surface area contributed by atoms with E-state index in [1.807, 2.05) is 61.5 Å². The molecule has 0 atom stereocenters. The lowest BCUT2D eigenvalue weighted by Crippen LogP contribution is -2.35. The van der Waals surface area contributed by atoms with Gasteiger partial charge in [0, 0.05) is 12.7 Å². The number of anilines is 1. The molecule has 7 heteroatoms. The van der Waals surface area contributed by atoms with Crippen LogP contribution in [-0.4, -0.2) is 45.3 Å². The zero-order valence-corrected chi connectivity index (χ0v) is 15.3. The number of aryl methyl sites for hydroxylation is 1. The molecule has 0 aliphatic carbocycles. The van der Waals surface area contributed by atoms with Crippen molar-refractivity contribution in [1.29, 1.82) is 0 Å². The number of likely N-dealkylation sites (N-methyl/N-ethyl adjacent to an activating group) is 1. The van der Waals surface area contributed by atoms with Gasteiger partial charge in [-0.1, -0.05) is 53.2 Å². The van der Waals surface area contributed by atoms with E-state index in [9.17, 15) is 9.59 Å². The van der Waals surface area contributed by atoms with Crippen LogP contribution in [0.4, 0.5) is 5.69 Å². The topological polar surface area (TPSA) is 80.1 Å². The standard InChI is InChI=1S/C20H21N5O2/c1-15-8-10-17(11-9-15)21-19(26)14-24(2)20(27)18-13-25(23-22-18)12-16-6-4-3-5-7-16/h3-11,13H,12,14H2,1-2H3,(H,21,26). The highest BCUT2D eigenvalue weighted by Crippen LogP contribution is 2.09. The van der Waals surface area contributed by atoms with Crippen molar-refractivity contribution in [3.8, 4) is 0 Å². The van der Waals surface area contributed by atoms with Crippen LogP contribution < -0.4 is 5.32 Å². The maximum Gasteiger partial charge on any atom is 0.276 e. The number of hydrogen-bond acceptors (Lipinski definition) is 4. The summed E-state index contributed by atoms with van der Waals surface area (Å²) < 4.78 is 1.60. The second-order valence-electron chi connectivity index (χ2n) is 6.36. The molecule has 2 amide bonds. The Labute approximate surface area is 157 Å². The average Bonchev–Trinajstić information content (AvgIpc) is 3.12. The molecule has 0 aliphatic heterocycles. The molecular formula is C20H21N5O2. The van der Waals surface area contributed by atoms with E-state index in [0.29, 0.717) is 12.2 Å². The van der Waals surface area contributed by atoms with E-state index in [0.717, 1.165) is 11.1 Å². The van der Waals surface area contributed by atoms with Crippen LogP contribution >= 0.6 is 0 Å². The molecule has 0 saturated heterocycles. The predicted octanol–water partition coefficient (Wildman–Crippen LogP) is 2.35. The number of aromatic nitrogens is 3. The summed E-state index contributed by atoms with van der Waals surface area (Å²) >= 11 is 0. The number of nitrogens with zero attached hydrogens (tertiary/aromatic N) is 4. The van der Waals surface area contributed by atoms with Gasteiger partial charge in [0.15, 0.2) is 5.69 Å². The summed E-state index contributed by atoms with van der Waals surface area (Å²) in [6.45, 7) is 2.43. The Hall–Kier alpha value is -3.48. The van der Waals surface area contributed by atoms with Gasteiger partial charge in [-0.3, -0.25) is 9.59 Å². The molecular weight excluding hydrogens is 342 g/mol. The van der Waals surface area contributed by atoms with E-state index >= 15 is 0 Å². The Morgan fingerprint density at radius 2 is 1.78 bits per heavy atom. The lowest BCUT2D eigenvalue weighted by atomic mass is 10.2. The van der Waals surface area contributed by atoms with E-state index in [-0.39, 0.29) is 24.1 Å². The Morgan fingerprint density at radius 1 is 1.07 bits per heavy atom. The van der Waals surface area contributed by atoms with E-state index < -0.39 is 0 Å². The van der Waals surface area contributed by atoms with E-state index in [4.69, 9.17) is 0 Å². The SMILES string of the molecule is Cc1ccc(NC(=O)CN(C)C(=O)c2cn(Cc3ccccc3)nn2)cc1. The van der Waals surface area contributed by atoms with Crippen LogP contribution in [0.15, 0.2) is 60.8 Å². The first-order chi connectivity index (χ1) is 13.0. The lowest BCUT2D eigenvalue weighted by molar-refractivity contribution is -0.116. The van der Waals surface area contributed by atoms with Crippen LogP contribution in [0.1, 0.15) is 21.6 Å². The minimum Gasteiger partial charge on any atom is -0.331 e. The fourth-order valence-corrected chi connectivity index (χ4v) is 2.56. The summed E-state index contributed by atoms with van der Waals surface area (Å²) in [5, 5.41) is 10.7. The summed E-state index contributed by atoms with van der Waals surface area (Å²) in [6.07, 6.45) is 1.59. The summed E-state index contributed by atoms with van der Waals surface area (Å²) in [4.78, 5) is 25.9. The molecule has 0 spiro atoms. The van der Waals surface area contributed by atoms with Crippen molar-refractivity contribution >= 4 is 17.5 Å². The van der Waals surface area contributed by atoms with Gasteiger partial charge in [-0.05, 0) is 24.6 Å². The molecule has 2 aromatic carbocycles. The predicted molar refractivity (Wildman–Crippen MR) is 102 cm³/mol. The Morgan fingerprint density at radius 3 is 2.48 bits per heavy atom. The van der Waals surface area contributed by atoms with Gasteiger partial charge in [0.1, 0.15) is 0 Å². The molecule has 1 heterocycles. The number of rotatable bonds is 6. The molecule has 27 heavy (non-hydrogen) atoms. The van der Waals surface area contributed by atoms with E-state index in [2.05, 4.69) is 15.6 Å². The summed E-state index contributed by atoms with van der Waals surface area (Å²) in [5.41, 5.74) is 3.07. The highest BCUT2D eigenvalue weighted by atomic mass is 16.2. The summed E-state index contributed by atoms with van der Waals surface area (Å²) in [6, 6.07) is 17.3. The molecule has 1 aromatic heterocycles. The second-order valence-corrected chi connectivity index (χ2v) is 6.36. The molecule has 0 radical (unpaired) electrons. The highest BCUT2D eigenvalue weighted by molar-refractivity contribution is 5.98. The number of carbonyl (C=O) groups excluding carboxylic acids is 2. The molecule has 1 N–H and O–H groups in total. The van der Waals surface area contributed by atoms with Crippen LogP contribution in [0.5, 0.6) is 0 Å². The molecule has 0 saturated carbocycles. The Kier molecular flexibility index (Phi) is 5.61. The third-order valence-electron chi connectivity index (χ3n) is 4.01. The number of hydrogen-bond donors (Lipinski definition) is 1. The van der Waals surface area contributed by atoms with Gasteiger partial charge in [0.25, 0.3) is 5.91 Å². The third kappa shape index (κ3) is 5.01. The van der Waals surface area contributed by atoms with Crippen molar-refractivity contribution in [2.45, 2.75) is 13.5 Å². The van der Waals surface area contributed by atoms with Gasteiger partial charge in [-0.25, -0.2) is 4.68 Å². The molecule has 3 rings (SSSR count). The van der Waals surface area contributed by atoms with Crippen molar-refractivity contribution in [3.63, 3.8) is 0 Å². The number of nitrogens with one attached hydrogen (secondary N) is 1. The van der Waals surface area contributed by atoms with Gasteiger partial charge in [-0.2, -0.15) is 0 Å². The summed E-state index contributed by atoms with van der Waals surface area (Å²) in [7, 11) is 1.56. The Bertz CT molecular complexity index is 919. The van der Waals surface area contributed by atoms with Gasteiger partial charge < -0.3 is 10.2 Å². The molecule has 0 aliphatic rings. The van der Waals surface area contributed by atoms with E-state index in [1.54, 1.807) is 17.9 Å². The zero-order chi connectivity index (χ0) is 19.2. The third-order valence-corrected chi connectivity index (χ3v) is 4.01. The van der Waals surface area contributed by atoms with Crippen LogP contribution in [0.2, 0.25) is 0 Å². The van der Waals surface area contributed by atoms with Gasteiger partial charge in [0.05, 0.1) is 19.3 Å². The maximum atomic E-state index is 12.5. The van der Waals surface area contributed by atoms with Crippen molar-refractivity contribution in [2.24, 2.45) is 0 Å². The number of carbonyl (C=O) groups is 2. The molecule has 0 bridgehead atoms. The monoisotopic (exact) mass is 363 g/mol. The molecule has 0 fully saturated rings. The molecule has 3 aromatic rings. The van der Waals surface area contributed by atoms with Gasteiger partial charge >= 0.3 is 0 Å². The van der Waals surface area contributed by atoms with Crippen LogP contribution in [0.25, 0.3) is 0 Å². The minimum absolute atomic E-state index is 0.0712. The molecule has 0 unspecified atom stereocenters. The molecule has 138 valence electrons. The smallest absolute Gasteiger partial charge is 0.276 e. The van der Waals surface area contributed by atoms with E-state index in [1.165, 1.54) is 4.90 Å². The normalized spacial score (nSPS) is 10.4. The first-order valence-electron chi connectivity index (χ1n) is 8.57. The Balaban J connectivity index is 1.57. The first kappa shape index (κ1) is 18.3. The average molecular weight is 363 g/mol. The fourth-order valence-electron chi connectivity index (χ4n) is 2.56. The number of amides is 2. The quantitative estimate of drug-likeness (QED) is 0.729. The van der Waals surface area contributed by atoms with Crippen molar-refractivity contribution in [3.05, 3.63) is 77.6 Å². The minimum atomic E-state index is -0.353. The first-order valence-corrected chi connectivity index (χ1v) is 8.57. The highest BCUT2D eigenvalue weighted by Gasteiger charge is 2.18. The van der Waals surface area contributed by atoms with Gasteiger partial charge in [0.2, 0.25) is 5.91 Å². The van der Waals surface area contributed by atoms with Crippen molar-refractivity contribution < 1.29 is 9.59 Å². The van der Waals surface area contributed by atoms with Crippen LogP contribution in [0, 0.1) is 6.92 Å². The largest absolute Gasteiger partial charge is 0.331 e. The van der Waals surface area contributed by atoms with Crippen LogP contribution in [0.3, 0.4) is 0 Å². The van der Waals surface area contributed by atoms with Crippen molar-refractivity contribution in [1.82, 2.24) is 19.9 Å². The lowest BCUT2D eigenvalue weighted by Gasteiger charge is -2.15. The van der Waals surface area contributed by atoms with Crippen molar-refractivity contribution in [2.75, 3.05) is 18.9 Å². The van der Waals surface area contributed by atoms with Crippen LogP contribution in [-0.2, 0) is 11.3 Å². The number of benzene rings is 2. The second kappa shape index (κ2) is 8.27. The maximum absolute atomic E-state index is 12.5. The summed E-state index contributed by atoms with van der Waals surface area (Å²) in [5.74, 6) is -0.625.